The van der Waals surface area contributed by atoms with Crippen LogP contribution in [0.1, 0.15) is 12.0 Å². The zero-order chi connectivity index (χ0) is 13.8. The Labute approximate surface area is 115 Å². The van der Waals surface area contributed by atoms with Gasteiger partial charge in [-0.05, 0) is 16.7 Å². The lowest BCUT2D eigenvalue weighted by Crippen LogP contribution is -2.58. The highest BCUT2D eigenvalue weighted by Gasteiger charge is 2.43. The van der Waals surface area contributed by atoms with Crippen molar-refractivity contribution in [2.45, 2.75) is 18.3 Å². The van der Waals surface area contributed by atoms with Crippen LogP contribution in [0.3, 0.4) is 0 Å². The molecule has 1 aromatic carbocycles. The van der Waals surface area contributed by atoms with Gasteiger partial charge in [0.1, 0.15) is 6.54 Å². The normalized spacial score (nSPS) is 19.8. The van der Waals surface area contributed by atoms with Crippen molar-refractivity contribution in [2.24, 2.45) is 0 Å². The summed E-state index contributed by atoms with van der Waals surface area (Å²) in [6, 6.07) is 9.54. The molecule has 5 nitrogen and oxygen atoms in total. The van der Waals surface area contributed by atoms with Crippen molar-refractivity contribution in [3.8, 4) is 0 Å². The molecule has 1 aliphatic heterocycles. The lowest BCUT2D eigenvalue weighted by molar-refractivity contribution is -0.145. The summed E-state index contributed by atoms with van der Waals surface area (Å²) < 4.78 is 11.3. The van der Waals surface area contributed by atoms with Crippen molar-refractivity contribution in [2.75, 3.05) is 12.8 Å². The quantitative estimate of drug-likeness (QED) is 0.620. The molecule has 1 saturated heterocycles. The number of nitrogens with zero attached hydrogens (tertiary/aromatic N) is 1. The summed E-state index contributed by atoms with van der Waals surface area (Å²) in [6.07, 6.45) is 1.82. The summed E-state index contributed by atoms with van der Waals surface area (Å²) in [5.41, 5.74) is 1.00. The molecule has 0 spiro atoms. The van der Waals surface area contributed by atoms with Crippen molar-refractivity contribution < 1.29 is 14.1 Å². The monoisotopic (exact) mass is 280 g/mol. The number of benzene rings is 1. The molecule has 2 rings (SSSR count). The summed E-state index contributed by atoms with van der Waals surface area (Å²) >= 11 is -1.11. The third-order valence-electron chi connectivity index (χ3n) is 3.05. The van der Waals surface area contributed by atoms with Gasteiger partial charge in [0.15, 0.2) is 5.37 Å². The number of carbonyl (C=O) groups excluding carboxylic acids is 2. The maximum atomic E-state index is 11.7. The molecule has 0 aliphatic carbocycles. The van der Waals surface area contributed by atoms with Crippen LogP contribution < -0.4 is 5.32 Å². The topological polar surface area (TPSA) is 72.5 Å². The van der Waals surface area contributed by atoms with Crippen LogP contribution in [0.15, 0.2) is 30.3 Å². The van der Waals surface area contributed by atoms with Gasteiger partial charge < -0.3 is 9.87 Å². The fraction of sp³-hybridized carbons (Fsp3) is 0.385. The molecule has 1 aromatic rings. The second-order valence-electron chi connectivity index (χ2n) is 4.44. The average molecular weight is 280 g/mol. The third kappa shape index (κ3) is 3.48. The van der Waals surface area contributed by atoms with Crippen LogP contribution in [-0.2, 0) is 27.3 Å². The Balaban J connectivity index is 1.80. The highest BCUT2D eigenvalue weighted by molar-refractivity contribution is 7.91. The number of amides is 2. The first-order valence-corrected chi connectivity index (χ1v) is 7.62. The number of likely N-dealkylation sites (tertiary alicyclic amines) is 1. The Morgan fingerprint density at radius 1 is 1.47 bits per heavy atom. The van der Waals surface area contributed by atoms with Crippen LogP contribution in [-0.4, -0.2) is 39.4 Å². The van der Waals surface area contributed by atoms with Crippen molar-refractivity contribution in [3.05, 3.63) is 35.9 Å². The van der Waals surface area contributed by atoms with Gasteiger partial charge in [-0.15, -0.1) is 0 Å². The van der Waals surface area contributed by atoms with E-state index >= 15 is 0 Å². The Kier molecular flexibility index (Phi) is 4.44. The molecule has 1 N–H and O–H groups in total. The molecule has 6 heteroatoms. The summed E-state index contributed by atoms with van der Waals surface area (Å²) in [5, 5.41) is 2.44. The van der Waals surface area contributed by atoms with Crippen molar-refractivity contribution in [1.82, 2.24) is 10.2 Å². The molecule has 102 valence electrons. The smallest absolute Gasteiger partial charge is 0.240 e. The van der Waals surface area contributed by atoms with Crippen molar-refractivity contribution >= 4 is 23.0 Å². The molecular formula is C13H16N2O3S. The number of hydrogen-bond donors (Lipinski definition) is 1. The lowest BCUT2D eigenvalue weighted by atomic mass is 10.2. The number of β-lactam (4-membered cyclic amide) rings is 1. The minimum atomic E-state index is -1.11. The second-order valence-corrected chi connectivity index (χ2v) is 5.98. The highest BCUT2D eigenvalue weighted by Crippen LogP contribution is 2.22. The molecule has 0 saturated carbocycles. The van der Waals surface area contributed by atoms with E-state index in [4.69, 9.17) is 0 Å². The van der Waals surface area contributed by atoms with Crippen LogP contribution >= 0.6 is 0 Å². The van der Waals surface area contributed by atoms with Gasteiger partial charge in [0.2, 0.25) is 11.8 Å². The Bertz CT molecular complexity index is 464. The molecule has 2 atom stereocenters. The van der Waals surface area contributed by atoms with E-state index in [1.54, 1.807) is 6.26 Å². The molecule has 1 unspecified atom stereocenters. The summed E-state index contributed by atoms with van der Waals surface area (Å²) in [6.45, 7) is 0.414. The summed E-state index contributed by atoms with van der Waals surface area (Å²) in [4.78, 5) is 24.5. The fourth-order valence-corrected chi connectivity index (χ4v) is 2.85. The summed E-state index contributed by atoms with van der Waals surface area (Å²) in [5.74, 6) is -0.345. The number of rotatable bonds is 5. The minimum absolute atomic E-state index is 0.0179. The van der Waals surface area contributed by atoms with Crippen molar-refractivity contribution in [3.63, 3.8) is 0 Å². The van der Waals surface area contributed by atoms with Gasteiger partial charge in [-0.3, -0.25) is 14.5 Å². The predicted molar refractivity (Wildman–Crippen MR) is 72.5 cm³/mol. The highest BCUT2D eigenvalue weighted by atomic mass is 32.2. The van der Waals surface area contributed by atoms with Gasteiger partial charge in [-0.2, -0.15) is 0 Å². The van der Waals surface area contributed by atoms with E-state index in [2.05, 4.69) is 5.32 Å². The first kappa shape index (κ1) is 13.9. The minimum Gasteiger partial charge on any atom is -0.615 e. The molecular weight excluding hydrogens is 264 g/mol. The number of carbonyl (C=O) groups is 2. The molecule has 0 bridgehead atoms. The predicted octanol–water partition coefficient (Wildman–Crippen LogP) is 0.240. The Morgan fingerprint density at radius 3 is 2.74 bits per heavy atom. The number of hydrogen-bond acceptors (Lipinski definition) is 3. The van der Waals surface area contributed by atoms with Gasteiger partial charge in [0.25, 0.3) is 0 Å². The first-order chi connectivity index (χ1) is 9.08. The van der Waals surface area contributed by atoms with Crippen LogP contribution in [0.4, 0.5) is 0 Å². The first-order valence-electron chi connectivity index (χ1n) is 6.00. The second kappa shape index (κ2) is 6.08. The zero-order valence-corrected chi connectivity index (χ0v) is 11.5. The molecule has 1 fully saturated rings. The van der Waals surface area contributed by atoms with E-state index in [1.807, 2.05) is 30.3 Å². The Morgan fingerprint density at radius 2 is 2.16 bits per heavy atom. The van der Waals surface area contributed by atoms with Gasteiger partial charge >= 0.3 is 0 Å². The van der Waals surface area contributed by atoms with Crippen LogP contribution in [0, 0.1) is 0 Å². The van der Waals surface area contributed by atoms with E-state index in [0.29, 0.717) is 6.54 Å². The molecule has 0 aromatic heterocycles. The van der Waals surface area contributed by atoms with E-state index in [-0.39, 0.29) is 30.2 Å². The Hall–Kier alpha value is -1.53. The molecule has 1 aliphatic rings. The molecule has 2 amide bonds. The maximum Gasteiger partial charge on any atom is 0.240 e. The molecule has 19 heavy (non-hydrogen) atoms. The SMILES string of the molecule is C[S+]([O-])[C@@H]1CC(=O)N1CC(=O)NCc1ccccc1. The van der Waals surface area contributed by atoms with Gasteiger partial charge in [0.05, 0.1) is 12.7 Å². The zero-order valence-electron chi connectivity index (χ0n) is 10.7. The maximum absolute atomic E-state index is 11.7. The van der Waals surface area contributed by atoms with E-state index in [1.165, 1.54) is 4.90 Å². The lowest BCUT2D eigenvalue weighted by Gasteiger charge is -2.38. The van der Waals surface area contributed by atoms with Crippen LogP contribution in [0.25, 0.3) is 0 Å². The largest absolute Gasteiger partial charge is 0.615 e. The van der Waals surface area contributed by atoms with Crippen LogP contribution in [0.5, 0.6) is 0 Å². The third-order valence-corrected chi connectivity index (χ3v) is 4.23. The van der Waals surface area contributed by atoms with Crippen molar-refractivity contribution in [1.29, 1.82) is 0 Å². The van der Waals surface area contributed by atoms with Crippen LogP contribution in [0.2, 0.25) is 0 Å². The van der Waals surface area contributed by atoms with Gasteiger partial charge in [-0.25, -0.2) is 0 Å². The summed E-state index contributed by atoms with van der Waals surface area (Å²) in [7, 11) is 0. The molecule has 1 heterocycles. The van der Waals surface area contributed by atoms with Gasteiger partial charge in [0, 0.05) is 6.54 Å². The standard InChI is InChI=1S/C13H16N2O3S/c1-19(18)13-7-12(17)15(13)9-11(16)14-8-10-5-3-2-4-6-10/h2-6,13H,7-9H2,1H3,(H,14,16)/t13-,19?/m1/s1. The van der Waals surface area contributed by atoms with E-state index in [9.17, 15) is 14.1 Å². The average Bonchev–Trinajstić information content (AvgIpc) is 2.40. The fourth-order valence-electron chi connectivity index (χ4n) is 1.92. The molecule has 0 radical (unpaired) electrons. The number of nitrogens with one attached hydrogen (secondary N) is 1. The van der Waals surface area contributed by atoms with E-state index < -0.39 is 11.2 Å². The van der Waals surface area contributed by atoms with E-state index in [0.717, 1.165) is 5.56 Å². The van der Waals surface area contributed by atoms with Gasteiger partial charge in [-0.1, -0.05) is 30.3 Å².